The Balaban J connectivity index is 3.81. The molecule has 0 spiro atoms. The number of amides is 1. The van der Waals surface area contributed by atoms with Gasteiger partial charge in [0.05, 0.1) is 6.42 Å². The Labute approximate surface area is 86.3 Å². The van der Waals surface area contributed by atoms with Crippen molar-refractivity contribution in [2.75, 3.05) is 6.54 Å². The first-order valence-corrected chi connectivity index (χ1v) is 4.39. The van der Waals surface area contributed by atoms with Crippen LogP contribution < -0.4 is 11.1 Å². The molecule has 0 aliphatic carbocycles. The van der Waals surface area contributed by atoms with Gasteiger partial charge in [-0.05, 0) is 13.0 Å². The van der Waals surface area contributed by atoms with Crippen LogP contribution in [0.4, 0.5) is 0 Å². The molecule has 5 N–H and O–H groups in total. The van der Waals surface area contributed by atoms with Gasteiger partial charge in [0, 0.05) is 6.42 Å². The van der Waals surface area contributed by atoms with Crippen molar-refractivity contribution in [3.05, 3.63) is 0 Å². The maximum Gasteiger partial charge on any atom is 0.321 e. The number of rotatable bonds is 8. The zero-order chi connectivity index (χ0) is 11.8. The number of nitrogens with one attached hydrogen (secondary N) is 1. The zero-order valence-electron chi connectivity index (χ0n) is 8.10. The standard InChI is InChI=1S/C8H14N2O5/c9-6(11)4-5(8(14)15)10-3-1-2-7(12)13/h5,10H,1-4H2,(H2,9,11)(H,12,13)(H,14,15)/t5-/m0/s1. The number of primary amides is 1. The van der Waals surface area contributed by atoms with Crippen molar-refractivity contribution >= 4 is 17.8 Å². The highest BCUT2D eigenvalue weighted by Gasteiger charge is 2.18. The second-order valence-electron chi connectivity index (χ2n) is 3.01. The Hall–Kier alpha value is -1.63. The quantitative estimate of drug-likeness (QED) is 0.377. The first kappa shape index (κ1) is 13.4. The van der Waals surface area contributed by atoms with Gasteiger partial charge >= 0.3 is 11.9 Å². The number of carboxylic acid groups (broad SMARTS) is 2. The van der Waals surface area contributed by atoms with Crippen LogP contribution >= 0.6 is 0 Å². The Bertz CT molecular complexity index is 253. The highest BCUT2D eigenvalue weighted by atomic mass is 16.4. The molecule has 0 aromatic carbocycles. The lowest BCUT2D eigenvalue weighted by atomic mass is 10.2. The number of nitrogens with two attached hydrogens (primary N) is 1. The SMILES string of the molecule is NC(=O)C[C@H](NCCCC(=O)O)C(=O)O. The number of aliphatic carboxylic acids is 2. The van der Waals surface area contributed by atoms with Crippen LogP contribution in [0.15, 0.2) is 0 Å². The maximum absolute atomic E-state index is 10.6. The first-order chi connectivity index (χ1) is 6.93. The number of hydrogen-bond donors (Lipinski definition) is 4. The van der Waals surface area contributed by atoms with Crippen molar-refractivity contribution in [2.45, 2.75) is 25.3 Å². The fourth-order valence-corrected chi connectivity index (χ4v) is 0.964. The van der Waals surface area contributed by atoms with Gasteiger partial charge in [0.1, 0.15) is 6.04 Å². The van der Waals surface area contributed by atoms with Gasteiger partial charge in [0.15, 0.2) is 0 Å². The Morgan fingerprint density at radius 3 is 2.27 bits per heavy atom. The molecular formula is C8H14N2O5. The Morgan fingerprint density at radius 2 is 1.87 bits per heavy atom. The van der Waals surface area contributed by atoms with E-state index >= 15 is 0 Å². The second kappa shape index (κ2) is 6.77. The molecule has 0 saturated heterocycles. The summed E-state index contributed by atoms with van der Waals surface area (Å²) in [6.45, 7) is 0.219. The molecule has 7 nitrogen and oxygen atoms in total. The van der Waals surface area contributed by atoms with Gasteiger partial charge in [-0.15, -0.1) is 0 Å². The van der Waals surface area contributed by atoms with E-state index in [9.17, 15) is 14.4 Å². The summed E-state index contributed by atoms with van der Waals surface area (Å²) < 4.78 is 0. The van der Waals surface area contributed by atoms with Crippen molar-refractivity contribution in [3.8, 4) is 0 Å². The maximum atomic E-state index is 10.6. The fraction of sp³-hybridized carbons (Fsp3) is 0.625. The van der Waals surface area contributed by atoms with Crippen LogP contribution in [0.3, 0.4) is 0 Å². The summed E-state index contributed by atoms with van der Waals surface area (Å²) in [5, 5.41) is 19.5. The van der Waals surface area contributed by atoms with E-state index in [1.807, 2.05) is 0 Å². The molecule has 86 valence electrons. The van der Waals surface area contributed by atoms with Crippen molar-refractivity contribution in [2.24, 2.45) is 5.73 Å². The molecule has 0 saturated carbocycles. The fourth-order valence-electron chi connectivity index (χ4n) is 0.964. The first-order valence-electron chi connectivity index (χ1n) is 4.39. The molecule has 1 atom stereocenters. The van der Waals surface area contributed by atoms with Crippen molar-refractivity contribution < 1.29 is 24.6 Å². The van der Waals surface area contributed by atoms with E-state index in [4.69, 9.17) is 15.9 Å². The lowest BCUT2D eigenvalue weighted by molar-refractivity contribution is -0.141. The van der Waals surface area contributed by atoms with Crippen LogP contribution in [0.2, 0.25) is 0 Å². The van der Waals surface area contributed by atoms with Gasteiger partial charge in [-0.25, -0.2) is 0 Å². The van der Waals surface area contributed by atoms with E-state index in [1.54, 1.807) is 0 Å². The molecule has 0 aromatic heterocycles. The summed E-state index contributed by atoms with van der Waals surface area (Å²) in [5.74, 6) is -2.84. The predicted molar refractivity (Wildman–Crippen MR) is 50.1 cm³/mol. The summed E-state index contributed by atoms with van der Waals surface area (Å²) in [5.41, 5.74) is 4.85. The second-order valence-corrected chi connectivity index (χ2v) is 3.01. The van der Waals surface area contributed by atoms with Gasteiger partial charge in [-0.2, -0.15) is 0 Å². The number of carbonyl (C=O) groups excluding carboxylic acids is 1. The molecule has 0 aromatic rings. The third-order valence-electron chi connectivity index (χ3n) is 1.66. The molecule has 0 radical (unpaired) electrons. The third kappa shape index (κ3) is 7.44. The number of carbonyl (C=O) groups is 3. The average molecular weight is 218 g/mol. The smallest absolute Gasteiger partial charge is 0.321 e. The normalized spacial score (nSPS) is 12.0. The van der Waals surface area contributed by atoms with Gasteiger partial charge in [0.25, 0.3) is 0 Å². The van der Waals surface area contributed by atoms with Gasteiger partial charge in [0.2, 0.25) is 5.91 Å². The van der Waals surface area contributed by atoms with E-state index in [0.29, 0.717) is 6.42 Å². The molecule has 0 unspecified atom stereocenters. The molecule has 1 amide bonds. The van der Waals surface area contributed by atoms with E-state index in [2.05, 4.69) is 5.32 Å². The minimum atomic E-state index is -1.18. The molecule has 0 heterocycles. The van der Waals surface area contributed by atoms with Crippen molar-refractivity contribution in [3.63, 3.8) is 0 Å². The Morgan fingerprint density at radius 1 is 1.27 bits per heavy atom. The monoisotopic (exact) mass is 218 g/mol. The topological polar surface area (TPSA) is 130 Å². The molecule has 7 heteroatoms. The zero-order valence-corrected chi connectivity index (χ0v) is 8.10. The molecular weight excluding hydrogens is 204 g/mol. The van der Waals surface area contributed by atoms with Crippen molar-refractivity contribution in [1.82, 2.24) is 5.32 Å². The highest BCUT2D eigenvalue weighted by molar-refractivity contribution is 5.83. The highest BCUT2D eigenvalue weighted by Crippen LogP contribution is 1.93. The van der Waals surface area contributed by atoms with Crippen LogP contribution in [0.25, 0.3) is 0 Å². The lowest BCUT2D eigenvalue weighted by Crippen LogP contribution is -2.40. The van der Waals surface area contributed by atoms with Gasteiger partial charge in [-0.1, -0.05) is 0 Å². The summed E-state index contributed by atoms with van der Waals surface area (Å²) in [4.78, 5) is 31.2. The molecule has 15 heavy (non-hydrogen) atoms. The van der Waals surface area contributed by atoms with E-state index in [1.165, 1.54) is 0 Å². The summed E-state index contributed by atoms with van der Waals surface area (Å²) in [6.07, 6.45) is -0.0454. The van der Waals surface area contributed by atoms with Gasteiger partial charge in [-0.3, -0.25) is 14.4 Å². The van der Waals surface area contributed by atoms with Gasteiger partial charge < -0.3 is 21.3 Å². The Kier molecular flexibility index (Phi) is 6.03. The van der Waals surface area contributed by atoms with Crippen LogP contribution in [0.5, 0.6) is 0 Å². The average Bonchev–Trinajstić information content (AvgIpc) is 2.08. The molecule has 0 rings (SSSR count). The van der Waals surface area contributed by atoms with E-state index < -0.39 is 23.9 Å². The lowest BCUT2D eigenvalue weighted by Gasteiger charge is -2.11. The number of hydrogen-bond acceptors (Lipinski definition) is 4. The summed E-state index contributed by atoms with van der Waals surface area (Å²) in [7, 11) is 0. The van der Waals surface area contributed by atoms with Crippen LogP contribution in [-0.2, 0) is 14.4 Å². The summed E-state index contributed by atoms with van der Waals surface area (Å²) >= 11 is 0. The molecule has 0 aliphatic heterocycles. The van der Waals surface area contributed by atoms with E-state index in [0.717, 1.165) is 0 Å². The minimum Gasteiger partial charge on any atom is -0.481 e. The van der Waals surface area contributed by atoms with Crippen LogP contribution in [0.1, 0.15) is 19.3 Å². The van der Waals surface area contributed by atoms with Crippen LogP contribution in [-0.4, -0.2) is 40.6 Å². The molecule has 0 bridgehead atoms. The summed E-state index contributed by atoms with van der Waals surface area (Å²) in [6, 6.07) is -1.05. The molecule has 0 aliphatic rings. The third-order valence-corrected chi connectivity index (χ3v) is 1.66. The van der Waals surface area contributed by atoms with Crippen molar-refractivity contribution in [1.29, 1.82) is 0 Å². The largest absolute Gasteiger partial charge is 0.481 e. The number of carboxylic acids is 2. The molecule has 0 fully saturated rings. The minimum absolute atomic E-state index is 0.0457. The van der Waals surface area contributed by atoms with Crippen LogP contribution in [0, 0.1) is 0 Å². The predicted octanol–water partition coefficient (Wildman–Crippen LogP) is -1.23. The van der Waals surface area contributed by atoms with E-state index in [-0.39, 0.29) is 19.4 Å².